The summed E-state index contributed by atoms with van der Waals surface area (Å²) in [5.74, 6) is -0.492. The molecule has 0 atom stereocenters. The van der Waals surface area contributed by atoms with Gasteiger partial charge in [0, 0.05) is 26.2 Å². The minimum Gasteiger partial charge on any atom is -0.462 e. The SMILES string of the molecule is CCOC(=O)c1c(C)nc(N2CCN(C)CC2)c([N+](=O)[O-])c1Cl. The number of nitrogens with zero attached hydrogens (tertiary/aromatic N) is 4. The highest BCUT2D eigenvalue weighted by atomic mass is 35.5. The first-order valence-electron chi connectivity index (χ1n) is 7.31. The zero-order valence-electron chi connectivity index (χ0n) is 13.3. The maximum atomic E-state index is 12.0. The van der Waals surface area contributed by atoms with Crippen molar-refractivity contribution in [3.8, 4) is 0 Å². The highest BCUT2D eigenvalue weighted by Crippen LogP contribution is 2.38. The zero-order valence-corrected chi connectivity index (χ0v) is 14.1. The van der Waals surface area contributed by atoms with Crippen LogP contribution in [0.5, 0.6) is 0 Å². The van der Waals surface area contributed by atoms with Gasteiger partial charge < -0.3 is 14.5 Å². The summed E-state index contributed by atoms with van der Waals surface area (Å²) in [6, 6.07) is 0. The molecule has 0 aromatic carbocycles. The summed E-state index contributed by atoms with van der Waals surface area (Å²) < 4.78 is 4.92. The molecule has 0 aliphatic carbocycles. The van der Waals surface area contributed by atoms with Crippen molar-refractivity contribution in [2.45, 2.75) is 13.8 Å². The Bertz CT molecular complexity index is 630. The van der Waals surface area contributed by atoms with Crippen molar-refractivity contribution in [3.63, 3.8) is 0 Å². The van der Waals surface area contributed by atoms with E-state index in [-0.39, 0.29) is 28.7 Å². The van der Waals surface area contributed by atoms with E-state index >= 15 is 0 Å². The smallest absolute Gasteiger partial charge is 0.341 e. The van der Waals surface area contributed by atoms with Gasteiger partial charge in [0.1, 0.15) is 10.6 Å². The van der Waals surface area contributed by atoms with Crippen molar-refractivity contribution in [2.24, 2.45) is 0 Å². The number of hydrogen-bond donors (Lipinski definition) is 0. The van der Waals surface area contributed by atoms with Crippen molar-refractivity contribution < 1.29 is 14.5 Å². The Hall–Kier alpha value is -1.93. The van der Waals surface area contributed by atoms with Crippen LogP contribution in [0.1, 0.15) is 23.0 Å². The molecule has 126 valence electrons. The standard InChI is InChI=1S/C14H19ClN4O4/c1-4-23-14(20)10-9(2)16-13(12(11(10)15)19(21)22)18-7-5-17(3)6-8-18/h4-8H2,1-3H3. The maximum Gasteiger partial charge on any atom is 0.341 e. The molecule has 23 heavy (non-hydrogen) atoms. The van der Waals surface area contributed by atoms with Gasteiger partial charge >= 0.3 is 11.7 Å². The Kier molecular flexibility index (Phi) is 5.38. The van der Waals surface area contributed by atoms with Crippen molar-refractivity contribution in [1.82, 2.24) is 9.88 Å². The van der Waals surface area contributed by atoms with Crippen LogP contribution in [0.2, 0.25) is 5.02 Å². The highest BCUT2D eigenvalue weighted by Gasteiger charge is 2.33. The lowest BCUT2D eigenvalue weighted by atomic mass is 10.1. The van der Waals surface area contributed by atoms with Crippen LogP contribution >= 0.6 is 11.6 Å². The van der Waals surface area contributed by atoms with Gasteiger partial charge in [-0.3, -0.25) is 10.1 Å². The number of aryl methyl sites for hydroxylation is 1. The molecule has 0 radical (unpaired) electrons. The number of ether oxygens (including phenoxy) is 1. The molecule has 1 aliphatic heterocycles. The number of aromatic nitrogens is 1. The number of hydrogen-bond acceptors (Lipinski definition) is 7. The minimum atomic E-state index is -0.699. The first kappa shape index (κ1) is 17.4. The Morgan fingerprint density at radius 2 is 2.00 bits per heavy atom. The highest BCUT2D eigenvalue weighted by molar-refractivity contribution is 6.36. The van der Waals surface area contributed by atoms with E-state index in [4.69, 9.17) is 16.3 Å². The second-order valence-corrected chi connectivity index (χ2v) is 5.70. The van der Waals surface area contributed by atoms with Gasteiger partial charge in [-0.15, -0.1) is 0 Å². The number of nitro groups is 1. The Morgan fingerprint density at radius 3 is 2.52 bits per heavy atom. The van der Waals surface area contributed by atoms with Crippen molar-refractivity contribution >= 4 is 29.1 Å². The number of carbonyl (C=O) groups excluding carboxylic acids is 1. The molecule has 0 bridgehead atoms. The second kappa shape index (κ2) is 7.10. The zero-order chi connectivity index (χ0) is 17.1. The van der Waals surface area contributed by atoms with Gasteiger partial charge in [-0.25, -0.2) is 9.78 Å². The lowest BCUT2D eigenvalue weighted by Crippen LogP contribution is -2.45. The monoisotopic (exact) mass is 342 g/mol. The third-order valence-corrected chi connectivity index (χ3v) is 4.11. The van der Waals surface area contributed by atoms with Crippen LogP contribution in [0.4, 0.5) is 11.5 Å². The molecule has 0 N–H and O–H groups in total. The average Bonchev–Trinajstić information content (AvgIpc) is 2.47. The molecule has 1 fully saturated rings. The van der Waals surface area contributed by atoms with Gasteiger partial charge in [-0.2, -0.15) is 0 Å². The van der Waals surface area contributed by atoms with Crippen molar-refractivity contribution in [3.05, 3.63) is 26.4 Å². The molecule has 0 unspecified atom stereocenters. The topological polar surface area (TPSA) is 88.8 Å². The van der Waals surface area contributed by atoms with E-state index in [0.717, 1.165) is 13.1 Å². The van der Waals surface area contributed by atoms with Crippen molar-refractivity contribution in [2.75, 3.05) is 44.7 Å². The van der Waals surface area contributed by atoms with Crippen LogP contribution < -0.4 is 4.90 Å². The van der Waals surface area contributed by atoms with E-state index in [2.05, 4.69) is 9.88 Å². The Balaban J connectivity index is 2.51. The van der Waals surface area contributed by atoms with Gasteiger partial charge in [-0.05, 0) is 20.9 Å². The molecule has 8 nitrogen and oxygen atoms in total. The number of likely N-dealkylation sites (N-methyl/N-ethyl adjacent to an activating group) is 1. The molecule has 9 heteroatoms. The third kappa shape index (κ3) is 3.53. The van der Waals surface area contributed by atoms with Crippen molar-refractivity contribution in [1.29, 1.82) is 0 Å². The molecule has 0 saturated carbocycles. The number of esters is 1. The van der Waals surface area contributed by atoms with Gasteiger partial charge in [0.25, 0.3) is 0 Å². The van der Waals surface area contributed by atoms with Crippen LogP contribution in [0.3, 0.4) is 0 Å². The second-order valence-electron chi connectivity index (χ2n) is 5.33. The fourth-order valence-corrected chi connectivity index (χ4v) is 2.85. The van der Waals surface area contributed by atoms with Crippen LogP contribution in [0.25, 0.3) is 0 Å². The maximum absolute atomic E-state index is 12.0. The quantitative estimate of drug-likeness (QED) is 0.469. The summed E-state index contributed by atoms with van der Waals surface area (Å²) in [5, 5.41) is 11.3. The molecule has 1 aliphatic rings. The van der Waals surface area contributed by atoms with E-state index in [0.29, 0.717) is 18.8 Å². The fraction of sp³-hybridized carbons (Fsp3) is 0.571. The van der Waals surface area contributed by atoms with Crippen LogP contribution in [-0.4, -0.2) is 60.6 Å². The molecule has 1 aromatic heterocycles. The molecule has 0 amide bonds. The first-order chi connectivity index (χ1) is 10.9. The number of halogens is 1. The summed E-state index contributed by atoms with van der Waals surface area (Å²) >= 11 is 6.17. The van der Waals surface area contributed by atoms with Gasteiger partial charge in [0.15, 0.2) is 0 Å². The van der Waals surface area contributed by atoms with Crippen LogP contribution in [0.15, 0.2) is 0 Å². The number of piperazine rings is 1. The van der Waals surface area contributed by atoms with Crippen LogP contribution in [0, 0.1) is 17.0 Å². The summed E-state index contributed by atoms with van der Waals surface area (Å²) in [4.78, 5) is 31.1. The predicted molar refractivity (Wildman–Crippen MR) is 86.3 cm³/mol. The van der Waals surface area contributed by atoms with Gasteiger partial charge in [0.05, 0.1) is 17.2 Å². The molecule has 2 rings (SSSR count). The number of pyridine rings is 1. The molecule has 0 spiro atoms. The average molecular weight is 343 g/mol. The van der Waals surface area contributed by atoms with Gasteiger partial charge in [-0.1, -0.05) is 11.6 Å². The first-order valence-corrected chi connectivity index (χ1v) is 7.69. The lowest BCUT2D eigenvalue weighted by Gasteiger charge is -2.33. The third-order valence-electron chi connectivity index (χ3n) is 3.74. The minimum absolute atomic E-state index is 0.0434. The Labute approximate surface area is 139 Å². The van der Waals surface area contributed by atoms with E-state index in [9.17, 15) is 14.9 Å². The summed E-state index contributed by atoms with van der Waals surface area (Å²) in [5.41, 5.74) is -0.0593. The summed E-state index contributed by atoms with van der Waals surface area (Å²) in [6.45, 7) is 6.17. The van der Waals surface area contributed by atoms with E-state index < -0.39 is 10.9 Å². The van der Waals surface area contributed by atoms with E-state index in [1.54, 1.807) is 13.8 Å². The molecular formula is C14H19ClN4O4. The Morgan fingerprint density at radius 1 is 1.39 bits per heavy atom. The van der Waals surface area contributed by atoms with E-state index in [1.165, 1.54) is 0 Å². The van der Waals surface area contributed by atoms with E-state index in [1.807, 2.05) is 11.9 Å². The summed E-state index contributed by atoms with van der Waals surface area (Å²) in [6.07, 6.45) is 0. The molecule has 2 heterocycles. The normalized spacial score (nSPS) is 15.6. The van der Waals surface area contributed by atoms with Gasteiger partial charge in [0.2, 0.25) is 5.82 Å². The largest absolute Gasteiger partial charge is 0.462 e. The molecule has 1 aromatic rings. The number of carbonyl (C=O) groups is 1. The summed E-state index contributed by atoms with van der Waals surface area (Å²) in [7, 11) is 1.99. The fourth-order valence-electron chi connectivity index (χ4n) is 2.48. The predicted octanol–water partition coefficient (Wildman–Crippen LogP) is 1.88. The van der Waals surface area contributed by atoms with Crippen LogP contribution in [-0.2, 0) is 4.74 Å². The number of anilines is 1. The lowest BCUT2D eigenvalue weighted by molar-refractivity contribution is -0.384. The molecule has 1 saturated heterocycles. The number of rotatable bonds is 4. The molecular weight excluding hydrogens is 324 g/mol.